The Kier molecular flexibility index (Phi) is 7.56. The van der Waals surface area contributed by atoms with Crippen LogP contribution in [0.25, 0.3) is 0 Å². The monoisotopic (exact) mass is 385 g/mol. The SMILES string of the molecule is O=C(COC(=O)CCc1cccs1)NCCc1ccc(Cl)cc1Cl. The average molecular weight is 386 g/mol. The van der Waals surface area contributed by atoms with Gasteiger partial charge in [0.05, 0.1) is 6.42 Å². The van der Waals surface area contributed by atoms with E-state index in [2.05, 4.69) is 5.32 Å². The highest BCUT2D eigenvalue weighted by atomic mass is 35.5. The number of hydrogen-bond donors (Lipinski definition) is 1. The van der Waals surface area contributed by atoms with E-state index in [1.54, 1.807) is 23.5 Å². The van der Waals surface area contributed by atoms with E-state index >= 15 is 0 Å². The van der Waals surface area contributed by atoms with Crippen molar-refractivity contribution in [3.8, 4) is 0 Å². The summed E-state index contributed by atoms with van der Waals surface area (Å²) < 4.78 is 4.95. The molecule has 0 aliphatic carbocycles. The van der Waals surface area contributed by atoms with Crippen LogP contribution in [0.4, 0.5) is 0 Å². The van der Waals surface area contributed by atoms with E-state index in [0.29, 0.717) is 29.4 Å². The molecular formula is C17H17Cl2NO3S. The lowest BCUT2D eigenvalue weighted by Gasteiger charge is -2.08. The van der Waals surface area contributed by atoms with Crippen molar-refractivity contribution in [2.45, 2.75) is 19.3 Å². The van der Waals surface area contributed by atoms with Crippen LogP contribution >= 0.6 is 34.5 Å². The molecule has 0 unspecified atom stereocenters. The third-order valence-corrected chi connectivity index (χ3v) is 4.77. The van der Waals surface area contributed by atoms with Gasteiger partial charge in [0.1, 0.15) is 0 Å². The van der Waals surface area contributed by atoms with Crippen LogP contribution in [0.5, 0.6) is 0 Å². The predicted molar refractivity (Wildman–Crippen MR) is 96.8 cm³/mol. The topological polar surface area (TPSA) is 55.4 Å². The Balaban J connectivity index is 1.61. The molecule has 0 atom stereocenters. The number of hydrogen-bond acceptors (Lipinski definition) is 4. The number of amides is 1. The van der Waals surface area contributed by atoms with Gasteiger partial charge in [-0.1, -0.05) is 35.3 Å². The predicted octanol–water partition coefficient (Wildman–Crippen LogP) is 3.89. The maximum absolute atomic E-state index is 11.7. The molecule has 1 heterocycles. The molecule has 1 aromatic heterocycles. The molecule has 2 aromatic rings. The van der Waals surface area contributed by atoms with E-state index in [-0.39, 0.29) is 24.9 Å². The fourth-order valence-electron chi connectivity index (χ4n) is 2.01. The first-order chi connectivity index (χ1) is 11.5. The smallest absolute Gasteiger partial charge is 0.306 e. The Morgan fingerprint density at radius 3 is 2.71 bits per heavy atom. The van der Waals surface area contributed by atoms with Gasteiger partial charge >= 0.3 is 5.97 Å². The third kappa shape index (κ3) is 6.51. The quantitative estimate of drug-likeness (QED) is 0.701. The summed E-state index contributed by atoms with van der Waals surface area (Å²) in [5, 5.41) is 5.79. The number of nitrogens with one attached hydrogen (secondary N) is 1. The van der Waals surface area contributed by atoms with Gasteiger partial charge in [-0.15, -0.1) is 11.3 Å². The Labute approximate surface area is 154 Å². The van der Waals surface area contributed by atoms with Gasteiger partial charge in [0.2, 0.25) is 0 Å². The first-order valence-corrected chi connectivity index (χ1v) is 9.07. The van der Waals surface area contributed by atoms with Gasteiger partial charge < -0.3 is 10.1 Å². The summed E-state index contributed by atoms with van der Waals surface area (Å²) in [5.74, 6) is -0.705. The molecule has 0 spiro atoms. The highest BCUT2D eigenvalue weighted by molar-refractivity contribution is 7.09. The van der Waals surface area contributed by atoms with Crippen LogP contribution in [0.2, 0.25) is 10.0 Å². The molecule has 128 valence electrons. The molecule has 1 aromatic carbocycles. The van der Waals surface area contributed by atoms with E-state index < -0.39 is 0 Å². The summed E-state index contributed by atoms with van der Waals surface area (Å²) in [6, 6.07) is 9.13. The summed E-state index contributed by atoms with van der Waals surface area (Å²) in [5.41, 5.74) is 0.898. The number of aryl methyl sites for hydroxylation is 1. The Hall–Kier alpha value is -1.56. The van der Waals surface area contributed by atoms with Crippen LogP contribution in [0.15, 0.2) is 35.7 Å². The molecular weight excluding hydrogens is 369 g/mol. The summed E-state index contributed by atoms with van der Waals surface area (Å²) in [7, 11) is 0. The van der Waals surface area contributed by atoms with Gasteiger partial charge in [0, 0.05) is 21.5 Å². The fourth-order valence-corrected chi connectivity index (χ4v) is 3.22. The van der Waals surface area contributed by atoms with Crippen LogP contribution in [0.3, 0.4) is 0 Å². The normalized spacial score (nSPS) is 10.4. The summed E-state index contributed by atoms with van der Waals surface area (Å²) in [6.45, 7) is 0.143. The molecule has 7 heteroatoms. The Morgan fingerprint density at radius 2 is 2.00 bits per heavy atom. The van der Waals surface area contributed by atoms with Gasteiger partial charge in [-0.2, -0.15) is 0 Å². The number of thiophene rings is 1. The lowest BCUT2D eigenvalue weighted by Crippen LogP contribution is -2.30. The molecule has 2 rings (SSSR count). The van der Waals surface area contributed by atoms with Crippen LogP contribution in [0, 0.1) is 0 Å². The van der Waals surface area contributed by atoms with Crippen molar-refractivity contribution >= 4 is 46.4 Å². The largest absolute Gasteiger partial charge is 0.456 e. The highest BCUT2D eigenvalue weighted by Gasteiger charge is 2.08. The second kappa shape index (κ2) is 9.67. The number of benzene rings is 1. The maximum Gasteiger partial charge on any atom is 0.306 e. The van der Waals surface area contributed by atoms with Gasteiger partial charge in [-0.3, -0.25) is 9.59 Å². The Morgan fingerprint density at radius 1 is 1.17 bits per heavy atom. The van der Waals surface area contributed by atoms with Crippen LogP contribution in [-0.4, -0.2) is 25.0 Å². The molecule has 24 heavy (non-hydrogen) atoms. The zero-order valence-corrected chi connectivity index (χ0v) is 15.2. The minimum atomic E-state index is -0.376. The molecule has 1 N–H and O–H groups in total. The van der Waals surface area contributed by atoms with E-state index in [0.717, 1.165) is 10.4 Å². The van der Waals surface area contributed by atoms with Crippen molar-refractivity contribution in [2.75, 3.05) is 13.2 Å². The van der Waals surface area contributed by atoms with Crippen molar-refractivity contribution in [2.24, 2.45) is 0 Å². The number of carbonyl (C=O) groups is 2. The zero-order valence-electron chi connectivity index (χ0n) is 12.9. The fraction of sp³-hybridized carbons (Fsp3) is 0.294. The van der Waals surface area contributed by atoms with Crippen LogP contribution < -0.4 is 5.32 Å². The van der Waals surface area contributed by atoms with Gasteiger partial charge in [-0.25, -0.2) is 0 Å². The summed E-state index contributed by atoms with van der Waals surface area (Å²) >= 11 is 13.5. The molecule has 0 bridgehead atoms. The Bertz CT molecular complexity index is 689. The molecule has 0 fully saturated rings. The minimum absolute atomic E-state index is 0.266. The van der Waals surface area contributed by atoms with E-state index in [4.69, 9.17) is 27.9 Å². The zero-order chi connectivity index (χ0) is 17.4. The standard InChI is InChI=1S/C17H17Cl2NO3S/c18-13-4-3-12(15(19)10-13)7-8-20-16(21)11-23-17(22)6-5-14-2-1-9-24-14/h1-4,9-10H,5-8,11H2,(H,20,21). The van der Waals surface area contributed by atoms with E-state index in [1.807, 2.05) is 23.6 Å². The van der Waals surface area contributed by atoms with Crippen molar-refractivity contribution in [3.05, 3.63) is 56.2 Å². The van der Waals surface area contributed by atoms with Crippen LogP contribution in [0.1, 0.15) is 16.9 Å². The molecule has 0 saturated carbocycles. The molecule has 4 nitrogen and oxygen atoms in total. The number of rotatable bonds is 8. The molecule has 0 radical (unpaired) electrons. The second-order valence-corrected chi connectivity index (χ2v) is 6.95. The first-order valence-electron chi connectivity index (χ1n) is 7.43. The van der Waals surface area contributed by atoms with Crippen molar-refractivity contribution in [3.63, 3.8) is 0 Å². The van der Waals surface area contributed by atoms with E-state index in [1.165, 1.54) is 0 Å². The maximum atomic E-state index is 11.7. The van der Waals surface area contributed by atoms with Gasteiger partial charge in [0.25, 0.3) is 5.91 Å². The number of esters is 1. The van der Waals surface area contributed by atoms with Crippen molar-refractivity contribution in [1.29, 1.82) is 0 Å². The molecule has 1 amide bonds. The summed E-state index contributed by atoms with van der Waals surface area (Å²) in [6.07, 6.45) is 1.48. The number of carbonyl (C=O) groups excluding carboxylic acids is 2. The third-order valence-electron chi connectivity index (χ3n) is 3.25. The van der Waals surface area contributed by atoms with Crippen LogP contribution in [-0.2, 0) is 27.2 Å². The highest BCUT2D eigenvalue weighted by Crippen LogP contribution is 2.21. The molecule has 0 aliphatic heterocycles. The lowest BCUT2D eigenvalue weighted by atomic mass is 10.1. The summed E-state index contributed by atoms with van der Waals surface area (Å²) in [4.78, 5) is 24.4. The first kappa shape index (κ1) is 18.8. The number of ether oxygens (including phenoxy) is 1. The molecule has 0 saturated heterocycles. The second-order valence-electron chi connectivity index (χ2n) is 5.08. The van der Waals surface area contributed by atoms with Crippen molar-refractivity contribution in [1.82, 2.24) is 5.32 Å². The molecule has 0 aliphatic rings. The van der Waals surface area contributed by atoms with E-state index in [9.17, 15) is 9.59 Å². The number of halogens is 2. The van der Waals surface area contributed by atoms with Crippen molar-refractivity contribution < 1.29 is 14.3 Å². The minimum Gasteiger partial charge on any atom is -0.456 e. The van der Waals surface area contributed by atoms with Gasteiger partial charge in [0.15, 0.2) is 6.61 Å². The lowest BCUT2D eigenvalue weighted by molar-refractivity contribution is -0.148. The van der Waals surface area contributed by atoms with Gasteiger partial charge in [-0.05, 0) is 42.0 Å². The average Bonchev–Trinajstić information content (AvgIpc) is 3.06.